The lowest BCUT2D eigenvalue weighted by molar-refractivity contribution is -0.137. The number of aliphatic carboxylic acids is 1. The summed E-state index contributed by atoms with van der Waals surface area (Å²) in [5, 5.41) is 18.6. The minimum Gasteiger partial charge on any atom is -0.493 e. The average Bonchev–Trinajstić information content (AvgIpc) is 3.88. The van der Waals surface area contributed by atoms with Gasteiger partial charge in [0.25, 0.3) is 0 Å². The summed E-state index contributed by atoms with van der Waals surface area (Å²) in [5.74, 6) is 0.774. The van der Waals surface area contributed by atoms with Gasteiger partial charge < -0.3 is 24.8 Å². The zero-order valence-corrected chi connectivity index (χ0v) is 29.6. The summed E-state index contributed by atoms with van der Waals surface area (Å²) in [5.41, 5.74) is 5.15. The number of rotatable bonds is 14. The number of para-hydroxylation sites is 1. The van der Waals surface area contributed by atoms with E-state index in [4.69, 9.17) is 21.1 Å². The van der Waals surface area contributed by atoms with E-state index in [1.807, 2.05) is 49.5 Å². The monoisotopic (exact) mass is 712 g/mol. The maximum absolute atomic E-state index is 14.1. The molecular weight excluding hydrogens is 671 g/mol. The van der Waals surface area contributed by atoms with E-state index >= 15 is 0 Å². The highest BCUT2D eigenvalue weighted by molar-refractivity contribution is 6.33. The number of carboxylic acid groups (broad SMARTS) is 1. The van der Waals surface area contributed by atoms with Crippen molar-refractivity contribution in [1.82, 2.24) is 24.4 Å². The Morgan fingerprint density at radius 2 is 1.78 bits per heavy atom. The highest BCUT2D eigenvalue weighted by Crippen LogP contribution is 2.44. The average molecular weight is 713 g/mol. The lowest BCUT2D eigenvalue weighted by Crippen LogP contribution is -2.45. The van der Waals surface area contributed by atoms with Gasteiger partial charge in [-0.1, -0.05) is 48.0 Å². The van der Waals surface area contributed by atoms with Gasteiger partial charge in [-0.15, -0.1) is 0 Å². The fraction of sp³-hybridized carbons (Fsp3) is 0.359. The van der Waals surface area contributed by atoms with Crippen LogP contribution in [0.1, 0.15) is 24.0 Å². The quantitative estimate of drug-likeness (QED) is 0.130. The number of carbonyl (C=O) groups is 1. The third-order valence-electron chi connectivity index (χ3n) is 9.79. The third-order valence-corrected chi connectivity index (χ3v) is 10.3. The second-order valence-electron chi connectivity index (χ2n) is 13.5. The SMILES string of the molecule is Cc1c(-c2c(-c3ccc(F)cc3)cn3ncnc(N[C@@H](Cc4ccccc4OCC4CC4)C(=O)O)c23)ccc(OCCN2CCN(C)CC2)c1Cl. The molecule has 2 N–H and O–H groups in total. The molecule has 7 rings (SSSR count). The molecule has 1 saturated heterocycles. The Hall–Kier alpha value is -4.71. The van der Waals surface area contributed by atoms with E-state index in [0.29, 0.717) is 47.0 Å². The van der Waals surface area contributed by atoms with E-state index in [1.54, 1.807) is 16.6 Å². The van der Waals surface area contributed by atoms with E-state index in [-0.39, 0.29) is 12.2 Å². The van der Waals surface area contributed by atoms with Gasteiger partial charge in [-0.2, -0.15) is 5.10 Å². The van der Waals surface area contributed by atoms with Crippen molar-refractivity contribution in [1.29, 1.82) is 0 Å². The van der Waals surface area contributed by atoms with Crippen LogP contribution in [0.4, 0.5) is 10.2 Å². The second-order valence-corrected chi connectivity index (χ2v) is 13.8. The molecule has 2 aliphatic rings. The first kappa shape index (κ1) is 34.7. The Bertz CT molecular complexity index is 2010. The molecule has 1 aliphatic carbocycles. The van der Waals surface area contributed by atoms with Crippen LogP contribution in [0, 0.1) is 18.7 Å². The number of hydrogen-bond acceptors (Lipinski definition) is 8. The highest BCUT2D eigenvalue weighted by Gasteiger charge is 2.27. The van der Waals surface area contributed by atoms with E-state index < -0.39 is 12.0 Å². The fourth-order valence-electron chi connectivity index (χ4n) is 6.53. The van der Waals surface area contributed by atoms with Crippen LogP contribution >= 0.6 is 11.6 Å². The number of piperazine rings is 1. The summed E-state index contributed by atoms with van der Waals surface area (Å²) < 4.78 is 28.0. The summed E-state index contributed by atoms with van der Waals surface area (Å²) in [6.07, 6.45) is 5.70. The molecule has 0 amide bonds. The van der Waals surface area contributed by atoms with Crippen molar-refractivity contribution in [3.05, 3.63) is 95.2 Å². The van der Waals surface area contributed by atoms with Crippen molar-refractivity contribution >= 4 is 28.9 Å². The molecule has 266 valence electrons. The van der Waals surface area contributed by atoms with Crippen molar-refractivity contribution in [3.63, 3.8) is 0 Å². The van der Waals surface area contributed by atoms with Crippen LogP contribution in [0.25, 0.3) is 27.8 Å². The number of aromatic nitrogens is 3. The number of likely N-dealkylation sites (N-methyl/N-ethyl adjacent to an activating group) is 1. The number of hydrogen-bond donors (Lipinski definition) is 2. The first-order valence-electron chi connectivity index (χ1n) is 17.4. The maximum Gasteiger partial charge on any atom is 0.326 e. The van der Waals surface area contributed by atoms with Gasteiger partial charge in [0.05, 0.1) is 11.6 Å². The molecule has 12 heteroatoms. The van der Waals surface area contributed by atoms with Gasteiger partial charge in [-0.05, 0) is 79.3 Å². The van der Waals surface area contributed by atoms with Gasteiger partial charge in [-0.3, -0.25) is 4.90 Å². The highest BCUT2D eigenvalue weighted by atomic mass is 35.5. The van der Waals surface area contributed by atoms with Crippen LogP contribution in [0.2, 0.25) is 5.02 Å². The molecule has 0 unspecified atom stereocenters. The molecule has 0 radical (unpaired) electrons. The Morgan fingerprint density at radius 3 is 2.53 bits per heavy atom. The summed E-state index contributed by atoms with van der Waals surface area (Å²) in [4.78, 5) is 22.0. The molecule has 2 aromatic heterocycles. The second kappa shape index (κ2) is 15.3. The number of ether oxygens (including phenoxy) is 2. The lowest BCUT2D eigenvalue weighted by atomic mass is 9.94. The van der Waals surface area contributed by atoms with Gasteiger partial charge in [0.1, 0.15) is 41.8 Å². The summed E-state index contributed by atoms with van der Waals surface area (Å²) in [6, 6.07) is 16.6. The summed E-state index contributed by atoms with van der Waals surface area (Å²) >= 11 is 7.01. The van der Waals surface area contributed by atoms with Crippen LogP contribution in [-0.4, -0.2) is 94.5 Å². The number of nitrogens with zero attached hydrogens (tertiary/aromatic N) is 5. The molecule has 51 heavy (non-hydrogen) atoms. The van der Waals surface area contributed by atoms with Gasteiger partial charge in [0.2, 0.25) is 0 Å². The Kier molecular flexibility index (Phi) is 10.4. The largest absolute Gasteiger partial charge is 0.493 e. The van der Waals surface area contributed by atoms with E-state index in [0.717, 1.165) is 78.9 Å². The predicted molar refractivity (Wildman–Crippen MR) is 196 cm³/mol. The summed E-state index contributed by atoms with van der Waals surface area (Å²) in [6.45, 7) is 7.93. The zero-order valence-electron chi connectivity index (χ0n) is 28.8. The standard InChI is InChI=1S/C39H42ClFN6O4/c1-25-30(13-14-34(36(25)40)50-20-19-46-17-15-45(2)16-18-46)35-31(27-9-11-29(41)12-10-27)22-47-37(35)38(42-24-43-47)44-32(39(48)49)21-28-5-3-4-6-33(28)51-23-26-7-8-26/h3-6,9-14,22,24,26,32H,7-8,15-21,23H2,1-2H3,(H,48,49)(H,42,43,44)/t32-/m0/s1. The van der Waals surface area contributed by atoms with Crippen molar-refractivity contribution in [2.45, 2.75) is 32.2 Å². The number of fused-ring (bicyclic) bond motifs is 1. The Balaban J connectivity index is 1.23. The van der Waals surface area contributed by atoms with Crippen molar-refractivity contribution in [2.75, 3.05) is 58.3 Å². The smallest absolute Gasteiger partial charge is 0.326 e. The first-order chi connectivity index (χ1) is 24.7. The number of halogens is 2. The molecule has 10 nitrogen and oxygen atoms in total. The van der Waals surface area contributed by atoms with Crippen molar-refractivity contribution in [2.24, 2.45) is 5.92 Å². The van der Waals surface area contributed by atoms with Gasteiger partial charge >= 0.3 is 5.97 Å². The van der Waals surface area contributed by atoms with E-state index in [1.165, 1.54) is 18.5 Å². The van der Waals surface area contributed by atoms with Crippen LogP contribution in [0.15, 0.2) is 73.2 Å². The van der Waals surface area contributed by atoms with Crippen molar-refractivity contribution in [3.8, 4) is 33.8 Å². The molecule has 5 aromatic rings. The number of anilines is 1. The number of carboxylic acids is 1. The molecule has 0 bridgehead atoms. The first-order valence-corrected chi connectivity index (χ1v) is 17.8. The lowest BCUT2D eigenvalue weighted by Gasteiger charge is -2.32. The van der Waals surface area contributed by atoms with Gasteiger partial charge in [-0.25, -0.2) is 18.7 Å². The fourth-order valence-corrected chi connectivity index (χ4v) is 6.75. The number of nitrogens with one attached hydrogen (secondary N) is 1. The molecule has 1 atom stereocenters. The predicted octanol–water partition coefficient (Wildman–Crippen LogP) is 6.69. The Labute approximate surface area is 301 Å². The molecule has 0 spiro atoms. The number of benzene rings is 3. The van der Waals surface area contributed by atoms with Crippen molar-refractivity contribution < 1.29 is 23.8 Å². The van der Waals surface area contributed by atoms with Crippen LogP contribution in [0.3, 0.4) is 0 Å². The summed E-state index contributed by atoms with van der Waals surface area (Å²) in [7, 11) is 2.13. The minimum atomic E-state index is -1.04. The normalized spacial score (nSPS) is 15.9. The van der Waals surface area contributed by atoms with Crippen LogP contribution in [-0.2, 0) is 11.2 Å². The molecule has 1 aliphatic heterocycles. The van der Waals surface area contributed by atoms with Gasteiger partial charge in [0, 0.05) is 56.5 Å². The topological polar surface area (TPSA) is 104 Å². The third kappa shape index (κ3) is 7.96. The molecule has 2 fully saturated rings. The Morgan fingerprint density at radius 1 is 1.02 bits per heavy atom. The van der Waals surface area contributed by atoms with Gasteiger partial charge in [0.15, 0.2) is 5.82 Å². The molecule has 3 heterocycles. The van der Waals surface area contributed by atoms with Crippen LogP contribution < -0.4 is 14.8 Å². The zero-order chi connectivity index (χ0) is 35.5. The van der Waals surface area contributed by atoms with E-state index in [9.17, 15) is 14.3 Å². The maximum atomic E-state index is 14.1. The molecule has 3 aromatic carbocycles. The van der Waals surface area contributed by atoms with Crippen LogP contribution in [0.5, 0.6) is 11.5 Å². The molecular formula is C39H42ClFN6O4. The minimum absolute atomic E-state index is 0.165. The molecule has 1 saturated carbocycles. The van der Waals surface area contributed by atoms with E-state index in [2.05, 4.69) is 32.2 Å².